The van der Waals surface area contributed by atoms with E-state index in [-0.39, 0.29) is 23.0 Å². The van der Waals surface area contributed by atoms with Crippen LogP contribution in [0.2, 0.25) is 0 Å². The number of thiophene rings is 2. The van der Waals surface area contributed by atoms with E-state index in [4.69, 9.17) is 0 Å². The molecule has 0 saturated heterocycles. The van der Waals surface area contributed by atoms with Gasteiger partial charge in [0.1, 0.15) is 0 Å². The molecule has 0 radical (unpaired) electrons. The summed E-state index contributed by atoms with van der Waals surface area (Å²) in [6.07, 6.45) is 0. The lowest BCUT2D eigenvalue weighted by Gasteiger charge is -2.43. The van der Waals surface area contributed by atoms with Crippen molar-refractivity contribution in [3.63, 3.8) is 0 Å². The van der Waals surface area contributed by atoms with Crippen LogP contribution < -0.4 is 24.8 Å². The molecule has 2 aromatic heterocycles. The van der Waals surface area contributed by atoms with Crippen LogP contribution in [-0.2, 0) is 27.1 Å². The first-order chi connectivity index (χ1) is 39.5. The van der Waals surface area contributed by atoms with Gasteiger partial charge >= 0.3 is 0 Å². The third kappa shape index (κ3) is 6.01. The van der Waals surface area contributed by atoms with Crippen LogP contribution in [0, 0.1) is 6.92 Å². The van der Waals surface area contributed by atoms with Gasteiger partial charge in [0.25, 0.3) is 6.71 Å². The fourth-order valence-electron chi connectivity index (χ4n) is 15.9. The summed E-state index contributed by atoms with van der Waals surface area (Å²) in [4.78, 5) is 8.30. The molecule has 82 heavy (non-hydrogen) atoms. The second kappa shape index (κ2) is 16.2. The molecule has 0 unspecified atom stereocenters. The van der Waals surface area contributed by atoms with E-state index in [1.165, 1.54) is 159 Å². The summed E-state index contributed by atoms with van der Waals surface area (Å²) in [6.45, 7) is 23.4. The average molecular weight is 1090 g/mol. The Labute approximate surface area is 491 Å². The van der Waals surface area contributed by atoms with Crippen LogP contribution in [0.1, 0.15) is 128 Å². The van der Waals surface area contributed by atoms with Gasteiger partial charge in [-0.25, -0.2) is 0 Å². The molecule has 4 aliphatic carbocycles. The first-order valence-electron chi connectivity index (χ1n) is 29.4. The third-order valence-corrected chi connectivity index (χ3v) is 22.3. The van der Waals surface area contributed by atoms with Crippen LogP contribution in [0.25, 0.3) is 44.5 Å². The van der Waals surface area contributed by atoms with Crippen molar-refractivity contribution in [3.8, 4) is 44.5 Å². The summed E-state index contributed by atoms with van der Waals surface area (Å²) in [7, 11) is 0. The molecule has 396 valence electrons. The zero-order valence-electron chi connectivity index (χ0n) is 48.3. The Kier molecular flexibility index (Phi) is 9.62. The highest BCUT2D eigenvalue weighted by atomic mass is 32.1. The van der Waals surface area contributed by atoms with Gasteiger partial charge in [-0.05, 0) is 154 Å². The highest BCUT2D eigenvalue weighted by molar-refractivity contribution is 7.37. The predicted molar refractivity (Wildman–Crippen MR) is 350 cm³/mol. The van der Waals surface area contributed by atoms with Crippen molar-refractivity contribution >= 4 is 78.5 Å². The lowest BCUT2D eigenvalue weighted by Crippen LogP contribution is -2.59. The summed E-state index contributed by atoms with van der Waals surface area (Å²) >= 11 is 4.20. The molecule has 5 heteroatoms. The van der Waals surface area contributed by atoms with Crippen molar-refractivity contribution in [2.24, 2.45) is 0 Å². The Morgan fingerprint density at radius 1 is 0.354 bits per heavy atom. The average Bonchev–Trinajstić information content (AvgIpc) is 1.86. The number of aryl methyl sites for hydroxylation is 1. The fourth-order valence-corrected chi connectivity index (χ4v) is 19.3. The largest absolute Gasteiger partial charge is 0.310 e. The maximum atomic E-state index is 2.72. The highest BCUT2D eigenvalue weighted by Crippen LogP contribution is 2.70. The van der Waals surface area contributed by atoms with Crippen molar-refractivity contribution < 1.29 is 0 Å². The summed E-state index contributed by atoms with van der Waals surface area (Å²) in [5, 5.41) is 0. The van der Waals surface area contributed by atoms with Crippen LogP contribution in [0.3, 0.4) is 0 Å². The number of anilines is 6. The second-order valence-corrected chi connectivity index (χ2v) is 29.3. The maximum Gasteiger partial charge on any atom is 0.277 e. The van der Waals surface area contributed by atoms with Gasteiger partial charge in [0.2, 0.25) is 0 Å². The molecule has 0 N–H and O–H groups in total. The van der Waals surface area contributed by atoms with E-state index in [1.807, 2.05) is 0 Å². The van der Waals surface area contributed by atoms with Crippen LogP contribution >= 0.6 is 22.7 Å². The zero-order chi connectivity index (χ0) is 55.7. The van der Waals surface area contributed by atoms with Crippen molar-refractivity contribution in [2.75, 3.05) is 9.80 Å². The molecule has 0 saturated carbocycles. The van der Waals surface area contributed by atoms with Gasteiger partial charge in [-0.2, -0.15) is 0 Å². The Morgan fingerprint density at radius 3 is 1.07 bits per heavy atom. The van der Waals surface area contributed by atoms with Crippen LogP contribution in [0.15, 0.2) is 200 Å². The molecule has 9 aromatic carbocycles. The molecule has 2 aliphatic heterocycles. The van der Waals surface area contributed by atoms with Crippen molar-refractivity contribution in [1.82, 2.24) is 0 Å². The Morgan fingerprint density at radius 2 is 0.683 bits per heavy atom. The SMILES string of the molecule is Cc1cc2c3c(c1)N(c1ccc(C(C)(C)C)cc1)c1c(sc4c1-c1ccc(C(C)(C)C)cc1C41c4ccccc4-c4ccccc41)B3c1sc3c(c1N2c1ccc(C(C)(C)C)cc1)-c1ccccc1C31c2ccccc2-c2ccccc21. The molecule has 17 rings (SSSR count). The number of nitrogens with zero attached hydrogens (tertiary/aromatic N) is 2. The summed E-state index contributed by atoms with van der Waals surface area (Å²) in [5.41, 5.74) is 32.2. The van der Waals surface area contributed by atoms with E-state index in [0.29, 0.717) is 0 Å². The van der Waals surface area contributed by atoms with Crippen molar-refractivity contribution in [1.29, 1.82) is 0 Å². The first kappa shape index (κ1) is 48.7. The van der Waals surface area contributed by atoms with E-state index >= 15 is 0 Å². The molecule has 0 amide bonds. The molecule has 11 aromatic rings. The molecule has 2 nitrogen and oxygen atoms in total. The molecule has 0 bridgehead atoms. The highest BCUT2D eigenvalue weighted by Gasteiger charge is 2.60. The monoisotopic (exact) mass is 1090 g/mol. The number of hydrogen-bond donors (Lipinski definition) is 0. The van der Waals surface area contributed by atoms with E-state index in [9.17, 15) is 0 Å². The molecule has 6 aliphatic rings. The normalized spacial score (nSPS) is 15.6. The minimum Gasteiger partial charge on any atom is -0.310 e. The van der Waals surface area contributed by atoms with E-state index in [2.05, 4.69) is 302 Å². The molecule has 2 spiro atoms. The van der Waals surface area contributed by atoms with Crippen LogP contribution in [0.4, 0.5) is 34.1 Å². The Bertz CT molecular complexity index is 4510. The standard InChI is InChI=1S/C77H63BN2S2/c1-44-41-62-66-63(42-44)80(49-38-33-46(34-39-49)74(5,6)7)68-65-55-40-35-47(75(8,9)10)43-61(55)77(58-28-18-13-23-52(58)53-24-14-19-29-59(53)77)70(65)82-72(68)78(66)71-67(79(62)48-36-31-45(32-37-48)73(2,3)4)64-54-25-15-20-30-60(54)76(69(64)81-71)56-26-16-11-21-50(56)51-22-12-17-27-57(51)76/h11-43H,1-10H3. The van der Waals surface area contributed by atoms with E-state index in [1.54, 1.807) is 0 Å². The van der Waals surface area contributed by atoms with Gasteiger partial charge in [-0.1, -0.05) is 226 Å². The Hall–Kier alpha value is -7.96. The molecule has 0 atom stereocenters. The number of rotatable bonds is 2. The Balaban J connectivity index is 1.04. The molecular formula is C77H63BN2S2. The van der Waals surface area contributed by atoms with Gasteiger partial charge in [-0.15, -0.1) is 22.7 Å². The van der Waals surface area contributed by atoms with Gasteiger partial charge < -0.3 is 9.80 Å². The molecular weight excluding hydrogens is 1030 g/mol. The van der Waals surface area contributed by atoms with Gasteiger partial charge in [0.05, 0.1) is 22.2 Å². The molecule has 0 fully saturated rings. The number of fused-ring (bicyclic) bond motifs is 26. The van der Waals surface area contributed by atoms with Gasteiger partial charge in [0, 0.05) is 53.2 Å². The smallest absolute Gasteiger partial charge is 0.277 e. The second-order valence-electron chi connectivity index (χ2n) is 27.2. The van der Waals surface area contributed by atoms with Gasteiger partial charge in [0.15, 0.2) is 0 Å². The van der Waals surface area contributed by atoms with Crippen LogP contribution in [0.5, 0.6) is 0 Å². The van der Waals surface area contributed by atoms with E-state index in [0.717, 1.165) is 0 Å². The summed E-state index contributed by atoms with van der Waals surface area (Å²) in [5.74, 6) is 0. The quantitative estimate of drug-likeness (QED) is 0.159. The number of benzene rings is 9. The zero-order valence-corrected chi connectivity index (χ0v) is 50.0. The summed E-state index contributed by atoms with van der Waals surface area (Å²) in [6, 6.07) is 78.6. The van der Waals surface area contributed by atoms with Crippen molar-refractivity contribution in [2.45, 2.75) is 96.3 Å². The summed E-state index contributed by atoms with van der Waals surface area (Å²) < 4.78 is 2.85. The molecule has 4 heterocycles. The lowest BCUT2D eigenvalue weighted by molar-refractivity contribution is 0.588. The fraction of sp³-hybridized carbons (Fsp3) is 0.195. The lowest BCUT2D eigenvalue weighted by atomic mass is 9.39. The van der Waals surface area contributed by atoms with E-state index < -0.39 is 10.8 Å². The van der Waals surface area contributed by atoms with Gasteiger partial charge in [-0.3, -0.25) is 0 Å². The minimum absolute atomic E-state index is 0.00103. The number of hydrogen-bond acceptors (Lipinski definition) is 4. The van der Waals surface area contributed by atoms with Crippen molar-refractivity contribution in [3.05, 3.63) is 266 Å². The topological polar surface area (TPSA) is 6.48 Å². The minimum atomic E-state index is -0.524. The third-order valence-electron chi connectivity index (χ3n) is 19.6. The first-order valence-corrected chi connectivity index (χ1v) is 31.1. The maximum absolute atomic E-state index is 2.72. The van der Waals surface area contributed by atoms with Crippen LogP contribution in [-0.4, -0.2) is 6.71 Å². The predicted octanol–water partition coefficient (Wildman–Crippen LogP) is 18.8.